The monoisotopic (exact) mass is 244 g/mol. The highest BCUT2D eigenvalue weighted by Crippen LogP contribution is 2.22. The van der Waals surface area contributed by atoms with Crippen molar-refractivity contribution >= 4 is 11.8 Å². The molecule has 0 atom stereocenters. The molecule has 1 aromatic heterocycles. The molecule has 0 saturated carbocycles. The van der Waals surface area contributed by atoms with Crippen LogP contribution in [0.4, 0.5) is 0 Å². The van der Waals surface area contributed by atoms with Crippen LogP contribution >= 0.6 is 0 Å². The summed E-state index contributed by atoms with van der Waals surface area (Å²) in [5.41, 5.74) is 1.89. The number of rotatable bonds is 3. The highest BCUT2D eigenvalue weighted by molar-refractivity contribution is 5.77. The first-order chi connectivity index (χ1) is 8.59. The Balaban J connectivity index is 2.53. The molecule has 2 rings (SSSR count). The van der Waals surface area contributed by atoms with E-state index in [-0.39, 0.29) is 5.70 Å². The van der Waals surface area contributed by atoms with E-state index in [4.69, 9.17) is 4.52 Å². The van der Waals surface area contributed by atoms with Crippen LogP contribution in [0.2, 0.25) is 0 Å². The van der Waals surface area contributed by atoms with Gasteiger partial charge in [-0.2, -0.15) is 0 Å². The molecule has 2 aromatic rings. The minimum atomic E-state index is -0.402. The first kappa shape index (κ1) is 12.0. The van der Waals surface area contributed by atoms with Crippen molar-refractivity contribution in [2.45, 2.75) is 13.8 Å². The van der Waals surface area contributed by atoms with Gasteiger partial charge in [-0.25, -0.2) is 0 Å². The van der Waals surface area contributed by atoms with Gasteiger partial charge < -0.3 is 4.52 Å². The molecule has 1 aromatic carbocycles. The summed E-state index contributed by atoms with van der Waals surface area (Å²) in [6.45, 7) is 3.49. The van der Waals surface area contributed by atoms with Gasteiger partial charge >= 0.3 is 0 Å². The standard InChI is InChI=1S/C13H12N2O3/c1-9-12(10(2)18-14-9)8-13(15(16)17)11-6-4-3-5-7-11/h3-8H,1-2H3. The van der Waals surface area contributed by atoms with Gasteiger partial charge in [0.1, 0.15) is 5.76 Å². The van der Waals surface area contributed by atoms with Crippen molar-refractivity contribution in [3.63, 3.8) is 0 Å². The quantitative estimate of drug-likeness (QED) is 0.614. The highest BCUT2D eigenvalue weighted by atomic mass is 16.6. The van der Waals surface area contributed by atoms with Crippen molar-refractivity contribution < 1.29 is 9.45 Å². The van der Waals surface area contributed by atoms with Crippen molar-refractivity contribution in [3.05, 3.63) is 63.0 Å². The Morgan fingerprint density at radius 2 is 2.00 bits per heavy atom. The van der Waals surface area contributed by atoms with Gasteiger partial charge in [0.2, 0.25) is 0 Å². The SMILES string of the molecule is Cc1noc(C)c1C=C(c1ccccc1)[N+](=O)[O-]. The van der Waals surface area contributed by atoms with Gasteiger partial charge in [-0.3, -0.25) is 10.1 Å². The van der Waals surface area contributed by atoms with Crippen LogP contribution in [0.15, 0.2) is 34.9 Å². The molecule has 0 aliphatic heterocycles. The molecule has 92 valence electrons. The van der Waals surface area contributed by atoms with Crippen LogP contribution in [0, 0.1) is 24.0 Å². The van der Waals surface area contributed by atoms with Crippen molar-refractivity contribution in [2.24, 2.45) is 0 Å². The fourth-order valence-electron chi connectivity index (χ4n) is 1.68. The van der Waals surface area contributed by atoms with Gasteiger partial charge in [-0.05, 0) is 26.0 Å². The highest BCUT2D eigenvalue weighted by Gasteiger charge is 2.17. The van der Waals surface area contributed by atoms with Crippen LogP contribution in [0.5, 0.6) is 0 Å². The first-order valence-electron chi connectivity index (χ1n) is 5.44. The molecular weight excluding hydrogens is 232 g/mol. The molecule has 0 unspecified atom stereocenters. The molecule has 0 radical (unpaired) electrons. The molecule has 0 aliphatic rings. The largest absolute Gasteiger partial charge is 0.361 e. The third-order valence-electron chi connectivity index (χ3n) is 2.64. The number of benzene rings is 1. The van der Waals surface area contributed by atoms with Crippen LogP contribution in [0.3, 0.4) is 0 Å². The fourth-order valence-corrected chi connectivity index (χ4v) is 1.68. The molecule has 0 amide bonds. The van der Waals surface area contributed by atoms with Crippen molar-refractivity contribution in [1.29, 1.82) is 0 Å². The van der Waals surface area contributed by atoms with E-state index >= 15 is 0 Å². The summed E-state index contributed by atoms with van der Waals surface area (Å²) >= 11 is 0. The second kappa shape index (κ2) is 4.83. The predicted molar refractivity (Wildman–Crippen MR) is 67.3 cm³/mol. The fraction of sp³-hybridized carbons (Fsp3) is 0.154. The van der Waals surface area contributed by atoms with Crippen LogP contribution in [-0.2, 0) is 0 Å². The summed E-state index contributed by atoms with van der Waals surface area (Å²) in [6, 6.07) is 8.75. The van der Waals surface area contributed by atoms with Crippen LogP contribution in [0.25, 0.3) is 11.8 Å². The third-order valence-corrected chi connectivity index (χ3v) is 2.64. The van der Waals surface area contributed by atoms with Gasteiger partial charge in [-0.15, -0.1) is 0 Å². The lowest BCUT2D eigenvalue weighted by Gasteiger charge is -1.98. The van der Waals surface area contributed by atoms with Gasteiger partial charge in [0, 0.05) is 11.6 Å². The predicted octanol–water partition coefficient (Wildman–Crippen LogP) is 3.07. The maximum atomic E-state index is 11.1. The van der Waals surface area contributed by atoms with Gasteiger partial charge in [-0.1, -0.05) is 23.4 Å². The molecule has 0 saturated heterocycles. The Hall–Kier alpha value is -2.43. The summed E-state index contributed by atoms with van der Waals surface area (Å²) in [4.78, 5) is 10.7. The average Bonchev–Trinajstić information content (AvgIpc) is 2.67. The lowest BCUT2D eigenvalue weighted by atomic mass is 10.1. The average molecular weight is 244 g/mol. The summed E-state index contributed by atoms with van der Waals surface area (Å²) < 4.78 is 4.99. The smallest absolute Gasteiger partial charge is 0.277 e. The van der Waals surface area contributed by atoms with Gasteiger partial charge in [0.05, 0.1) is 16.2 Å². The Bertz CT molecular complexity index is 580. The van der Waals surface area contributed by atoms with E-state index in [2.05, 4.69) is 5.16 Å². The van der Waals surface area contributed by atoms with E-state index in [9.17, 15) is 10.1 Å². The molecule has 0 fully saturated rings. The van der Waals surface area contributed by atoms with Crippen molar-refractivity contribution in [1.82, 2.24) is 5.16 Å². The first-order valence-corrected chi connectivity index (χ1v) is 5.44. The Labute approximate surface area is 104 Å². The van der Waals surface area contributed by atoms with Gasteiger partial charge in [0.15, 0.2) is 0 Å². The zero-order valence-electron chi connectivity index (χ0n) is 10.1. The molecule has 0 bridgehead atoms. The Morgan fingerprint density at radius 3 is 2.50 bits per heavy atom. The van der Waals surface area contributed by atoms with E-state index < -0.39 is 4.92 Å². The number of aromatic nitrogens is 1. The molecule has 5 nitrogen and oxygen atoms in total. The number of hydrogen-bond acceptors (Lipinski definition) is 4. The van der Waals surface area contributed by atoms with Crippen LogP contribution in [-0.4, -0.2) is 10.1 Å². The molecule has 0 spiro atoms. The summed E-state index contributed by atoms with van der Waals surface area (Å²) in [5, 5.41) is 14.9. The van der Waals surface area contributed by atoms with E-state index in [1.165, 1.54) is 6.08 Å². The zero-order chi connectivity index (χ0) is 13.1. The number of nitro groups is 1. The van der Waals surface area contributed by atoms with Crippen LogP contribution in [0.1, 0.15) is 22.6 Å². The molecule has 0 aliphatic carbocycles. The van der Waals surface area contributed by atoms with E-state index in [1.54, 1.807) is 38.1 Å². The molecule has 18 heavy (non-hydrogen) atoms. The second-order valence-corrected chi connectivity index (χ2v) is 3.89. The Morgan fingerprint density at radius 1 is 1.33 bits per heavy atom. The summed E-state index contributed by atoms with van der Waals surface area (Å²) in [5.74, 6) is 0.572. The van der Waals surface area contributed by atoms with E-state index in [1.807, 2.05) is 6.07 Å². The van der Waals surface area contributed by atoms with Crippen molar-refractivity contribution in [2.75, 3.05) is 0 Å². The molecular formula is C13H12N2O3. The van der Waals surface area contributed by atoms with E-state index in [0.717, 1.165) is 0 Å². The number of aryl methyl sites for hydroxylation is 2. The maximum absolute atomic E-state index is 11.1. The third kappa shape index (κ3) is 2.29. The molecule has 0 N–H and O–H groups in total. The molecule has 5 heteroatoms. The zero-order valence-corrected chi connectivity index (χ0v) is 10.1. The molecule has 1 heterocycles. The van der Waals surface area contributed by atoms with Gasteiger partial charge in [0.25, 0.3) is 5.70 Å². The minimum absolute atomic E-state index is 0.0324. The van der Waals surface area contributed by atoms with Crippen LogP contribution < -0.4 is 0 Å². The topological polar surface area (TPSA) is 69.2 Å². The normalized spacial score (nSPS) is 11.6. The summed E-state index contributed by atoms with van der Waals surface area (Å²) in [7, 11) is 0. The number of nitrogens with zero attached hydrogens (tertiary/aromatic N) is 2. The Kier molecular flexibility index (Phi) is 3.23. The summed E-state index contributed by atoms with van der Waals surface area (Å²) in [6.07, 6.45) is 1.50. The lowest BCUT2D eigenvalue weighted by molar-refractivity contribution is -0.374. The maximum Gasteiger partial charge on any atom is 0.277 e. The van der Waals surface area contributed by atoms with Crippen molar-refractivity contribution in [3.8, 4) is 0 Å². The lowest BCUT2D eigenvalue weighted by Crippen LogP contribution is -1.98. The van der Waals surface area contributed by atoms with E-state index in [0.29, 0.717) is 22.6 Å². The number of hydrogen-bond donors (Lipinski definition) is 0. The minimum Gasteiger partial charge on any atom is -0.361 e. The second-order valence-electron chi connectivity index (χ2n) is 3.89.